The van der Waals surface area contributed by atoms with Crippen molar-refractivity contribution in [1.29, 1.82) is 0 Å². The second kappa shape index (κ2) is 5.52. The van der Waals surface area contributed by atoms with E-state index in [1.54, 1.807) is 6.20 Å². The van der Waals surface area contributed by atoms with Crippen molar-refractivity contribution in [2.24, 2.45) is 5.92 Å². The molecule has 0 aromatic carbocycles. The third kappa shape index (κ3) is 2.44. The van der Waals surface area contributed by atoms with Crippen LogP contribution in [0.15, 0.2) is 16.7 Å². The number of hydrogen-bond donors (Lipinski definition) is 1. The fourth-order valence-corrected chi connectivity index (χ4v) is 3.32. The molecule has 1 fully saturated rings. The lowest BCUT2D eigenvalue weighted by molar-refractivity contribution is -0.144. The van der Waals surface area contributed by atoms with E-state index in [1.807, 2.05) is 6.07 Å². The zero-order valence-corrected chi connectivity index (χ0v) is 12.8. The van der Waals surface area contributed by atoms with E-state index in [1.165, 1.54) is 20.0 Å². The fourth-order valence-electron chi connectivity index (χ4n) is 2.99. The number of aromatic amines is 1. The minimum absolute atomic E-state index is 0.213. The first-order valence-corrected chi connectivity index (χ1v) is 7.57. The Hall–Kier alpha value is -1.43. The van der Waals surface area contributed by atoms with Gasteiger partial charge in [-0.3, -0.25) is 4.79 Å². The third-order valence-electron chi connectivity index (χ3n) is 3.94. The normalized spacial score (nSPS) is 17.5. The van der Waals surface area contributed by atoms with E-state index in [0.29, 0.717) is 17.4 Å². The summed E-state index contributed by atoms with van der Waals surface area (Å²) in [6, 6.07) is 1.92. The molecule has 1 aliphatic rings. The molecule has 2 aromatic rings. The molecular weight excluding hydrogens is 322 g/mol. The fraction of sp³-hybridized carbons (Fsp3) is 0.500. The van der Waals surface area contributed by atoms with Crippen LogP contribution in [-0.2, 0) is 9.53 Å². The minimum Gasteiger partial charge on any atom is -0.468 e. The summed E-state index contributed by atoms with van der Waals surface area (Å²) in [5.74, 6) is 0.460. The third-order valence-corrected chi connectivity index (χ3v) is 4.38. The van der Waals surface area contributed by atoms with Crippen LogP contribution in [0, 0.1) is 5.92 Å². The molecular formula is C14H16BrN3O2. The van der Waals surface area contributed by atoms with Crippen LogP contribution < -0.4 is 0 Å². The van der Waals surface area contributed by atoms with E-state index in [4.69, 9.17) is 4.74 Å². The number of fused-ring (bicyclic) bond motifs is 1. The lowest BCUT2D eigenvalue weighted by Crippen LogP contribution is -2.22. The number of aromatic nitrogens is 3. The number of pyridine rings is 1. The standard InChI is InChI=1S/C14H16BrN3O2/c1-20-14(19)11(8-4-2-3-5-8)13-17-10-6-9(15)7-16-12(10)18-13/h6-8,11H,2-5H2,1H3,(H,16,17,18). The Morgan fingerprint density at radius 1 is 1.50 bits per heavy atom. The maximum Gasteiger partial charge on any atom is 0.316 e. The number of carbonyl (C=O) groups excluding carboxylic acids is 1. The van der Waals surface area contributed by atoms with E-state index in [9.17, 15) is 4.79 Å². The number of methoxy groups -OCH3 is 1. The number of halogens is 1. The number of nitrogens with one attached hydrogen (secondary N) is 1. The van der Waals surface area contributed by atoms with E-state index in [0.717, 1.165) is 22.8 Å². The summed E-state index contributed by atoms with van der Waals surface area (Å²) in [7, 11) is 1.43. The van der Waals surface area contributed by atoms with E-state index >= 15 is 0 Å². The SMILES string of the molecule is COC(=O)C(c1nc2ncc(Br)cc2[nH]1)C1CCCC1. The van der Waals surface area contributed by atoms with Crippen molar-refractivity contribution in [3.05, 3.63) is 22.6 Å². The maximum atomic E-state index is 12.1. The first-order chi connectivity index (χ1) is 9.69. The molecule has 0 amide bonds. The van der Waals surface area contributed by atoms with Gasteiger partial charge < -0.3 is 9.72 Å². The van der Waals surface area contributed by atoms with Crippen LogP contribution in [0.2, 0.25) is 0 Å². The van der Waals surface area contributed by atoms with Gasteiger partial charge in [-0.25, -0.2) is 9.97 Å². The van der Waals surface area contributed by atoms with Crippen LogP contribution >= 0.6 is 15.9 Å². The number of nitrogens with zero attached hydrogens (tertiary/aromatic N) is 2. The van der Waals surface area contributed by atoms with Crippen LogP contribution in [0.3, 0.4) is 0 Å². The molecule has 6 heteroatoms. The van der Waals surface area contributed by atoms with Gasteiger partial charge in [0, 0.05) is 10.7 Å². The maximum absolute atomic E-state index is 12.1. The molecule has 1 unspecified atom stereocenters. The van der Waals surface area contributed by atoms with Crippen molar-refractivity contribution in [2.75, 3.05) is 7.11 Å². The Bertz CT molecular complexity index is 634. The van der Waals surface area contributed by atoms with Crippen molar-refractivity contribution in [1.82, 2.24) is 15.0 Å². The summed E-state index contributed by atoms with van der Waals surface area (Å²) in [5, 5.41) is 0. The van der Waals surface area contributed by atoms with Gasteiger partial charge in [0.25, 0.3) is 0 Å². The van der Waals surface area contributed by atoms with Crippen molar-refractivity contribution in [2.45, 2.75) is 31.6 Å². The molecule has 0 spiro atoms. The lowest BCUT2D eigenvalue weighted by Gasteiger charge is -2.18. The van der Waals surface area contributed by atoms with Gasteiger partial charge in [-0.05, 0) is 40.8 Å². The number of carbonyl (C=O) groups is 1. The molecule has 106 valence electrons. The van der Waals surface area contributed by atoms with Gasteiger partial charge >= 0.3 is 5.97 Å². The number of esters is 1. The van der Waals surface area contributed by atoms with Crippen molar-refractivity contribution in [3.63, 3.8) is 0 Å². The van der Waals surface area contributed by atoms with Gasteiger partial charge in [0.2, 0.25) is 0 Å². The van der Waals surface area contributed by atoms with Crippen molar-refractivity contribution in [3.8, 4) is 0 Å². The monoisotopic (exact) mass is 337 g/mol. The predicted octanol–water partition coefficient (Wildman–Crippen LogP) is 3.17. The number of imidazole rings is 1. The molecule has 1 N–H and O–H groups in total. The number of ether oxygens (including phenoxy) is 1. The highest BCUT2D eigenvalue weighted by molar-refractivity contribution is 9.10. The molecule has 2 aromatic heterocycles. The summed E-state index contributed by atoms with van der Waals surface area (Å²) in [6.45, 7) is 0. The molecule has 0 bridgehead atoms. The zero-order chi connectivity index (χ0) is 14.1. The van der Waals surface area contributed by atoms with Crippen LogP contribution in [0.5, 0.6) is 0 Å². The summed E-state index contributed by atoms with van der Waals surface area (Å²) >= 11 is 3.39. The topological polar surface area (TPSA) is 67.9 Å². The highest BCUT2D eigenvalue weighted by atomic mass is 79.9. The Labute approximate surface area is 125 Å². The summed E-state index contributed by atoms with van der Waals surface area (Å²) in [5.41, 5.74) is 1.47. The Morgan fingerprint density at radius 3 is 2.95 bits per heavy atom. The summed E-state index contributed by atoms with van der Waals surface area (Å²) < 4.78 is 5.86. The van der Waals surface area contributed by atoms with Crippen molar-refractivity contribution < 1.29 is 9.53 Å². The average Bonchev–Trinajstić information content (AvgIpc) is 3.07. The molecule has 1 saturated carbocycles. The molecule has 1 aliphatic carbocycles. The van der Waals surface area contributed by atoms with Gasteiger partial charge in [-0.1, -0.05) is 12.8 Å². The Kier molecular flexibility index (Phi) is 3.74. The first kappa shape index (κ1) is 13.5. The lowest BCUT2D eigenvalue weighted by atomic mass is 9.90. The van der Waals surface area contributed by atoms with Crippen LogP contribution in [0.25, 0.3) is 11.2 Å². The Balaban J connectivity index is 2.01. The van der Waals surface area contributed by atoms with E-state index < -0.39 is 0 Å². The molecule has 20 heavy (non-hydrogen) atoms. The van der Waals surface area contributed by atoms with Crippen LogP contribution in [-0.4, -0.2) is 28.0 Å². The Morgan fingerprint density at radius 2 is 2.25 bits per heavy atom. The largest absolute Gasteiger partial charge is 0.468 e. The molecule has 5 nitrogen and oxygen atoms in total. The molecule has 3 rings (SSSR count). The second-order valence-corrected chi connectivity index (χ2v) is 6.11. The highest BCUT2D eigenvalue weighted by Crippen LogP contribution is 2.37. The minimum atomic E-state index is -0.310. The second-order valence-electron chi connectivity index (χ2n) is 5.19. The van der Waals surface area contributed by atoms with Gasteiger partial charge in [-0.2, -0.15) is 0 Å². The van der Waals surface area contributed by atoms with E-state index in [-0.39, 0.29) is 11.9 Å². The van der Waals surface area contributed by atoms with Gasteiger partial charge in [-0.15, -0.1) is 0 Å². The van der Waals surface area contributed by atoms with Gasteiger partial charge in [0.1, 0.15) is 11.7 Å². The predicted molar refractivity (Wildman–Crippen MR) is 78.3 cm³/mol. The average molecular weight is 338 g/mol. The molecule has 0 saturated heterocycles. The van der Waals surface area contributed by atoms with Crippen LogP contribution in [0.4, 0.5) is 0 Å². The first-order valence-electron chi connectivity index (χ1n) is 6.78. The highest BCUT2D eigenvalue weighted by Gasteiger charge is 2.35. The number of rotatable bonds is 3. The van der Waals surface area contributed by atoms with Crippen LogP contribution in [0.1, 0.15) is 37.4 Å². The molecule has 1 atom stereocenters. The van der Waals surface area contributed by atoms with Crippen molar-refractivity contribution >= 4 is 33.1 Å². The van der Waals surface area contributed by atoms with Gasteiger partial charge in [0.15, 0.2) is 5.65 Å². The quantitative estimate of drug-likeness (QED) is 0.873. The molecule has 0 aliphatic heterocycles. The zero-order valence-electron chi connectivity index (χ0n) is 11.2. The number of hydrogen-bond acceptors (Lipinski definition) is 4. The smallest absolute Gasteiger partial charge is 0.316 e. The summed E-state index contributed by atoms with van der Waals surface area (Å²) in [4.78, 5) is 24.1. The van der Waals surface area contributed by atoms with E-state index in [2.05, 4.69) is 30.9 Å². The number of H-pyrrole nitrogens is 1. The molecule has 2 heterocycles. The summed E-state index contributed by atoms with van der Waals surface area (Å²) in [6.07, 6.45) is 6.14. The van der Waals surface area contributed by atoms with Gasteiger partial charge in [0.05, 0.1) is 12.6 Å². The molecule has 0 radical (unpaired) electrons.